The first kappa shape index (κ1) is 13.4. The maximum absolute atomic E-state index is 10.9. The second-order valence-electron chi connectivity index (χ2n) is 4.95. The first-order valence-corrected chi connectivity index (χ1v) is 5.15. The Morgan fingerprint density at radius 2 is 2.00 bits per heavy atom. The van der Waals surface area contributed by atoms with Gasteiger partial charge < -0.3 is 10.1 Å². The maximum Gasteiger partial charge on any atom is 0.307 e. The molecule has 1 N–H and O–H groups in total. The van der Waals surface area contributed by atoms with E-state index in [1.807, 2.05) is 6.92 Å². The average molecular weight is 201 g/mol. The van der Waals surface area contributed by atoms with Gasteiger partial charge in [-0.25, -0.2) is 0 Å². The lowest BCUT2D eigenvalue weighted by molar-refractivity contribution is -0.141. The minimum atomic E-state index is -0.152. The maximum atomic E-state index is 10.9. The molecule has 0 aromatic rings. The fourth-order valence-electron chi connectivity index (χ4n) is 1.10. The number of methoxy groups -OCH3 is 1. The zero-order valence-corrected chi connectivity index (χ0v) is 10.0. The number of esters is 1. The Morgan fingerprint density at radius 3 is 2.43 bits per heavy atom. The number of hydrogen-bond donors (Lipinski definition) is 1. The third-order valence-corrected chi connectivity index (χ3v) is 2.07. The quantitative estimate of drug-likeness (QED) is 0.691. The van der Waals surface area contributed by atoms with E-state index in [4.69, 9.17) is 0 Å². The lowest BCUT2D eigenvalue weighted by Gasteiger charge is -2.20. The largest absolute Gasteiger partial charge is 0.469 e. The van der Waals surface area contributed by atoms with Crippen molar-refractivity contribution >= 4 is 5.97 Å². The molecule has 0 aromatic heterocycles. The molecule has 0 saturated heterocycles. The van der Waals surface area contributed by atoms with Crippen molar-refractivity contribution in [3.63, 3.8) is 0 Å². The molecule has 0 radical (unpaired) electrons. The van der Waals surface area contributed by atoms with E-state index in [0.29, 0.717) is 11.8 Å². The summed E-state index contributed by atoms with van der Waals surface area (Å²) in [7, 11) is 1.42. The molecule has 0 heterocycles. The number of carbonyl (C=O) groups excluding carboxylic acids is 1. The van der Waals surface area contributed by atoms with Crippen LogP contribution in [0.1, 0.15) is 40.5 Å². The van der Waals surface area contributed by atoms with Gasteiger partial charge in [-0.3, -0.25) is 4.79 Å². The van der Waals surface area contributed by atoms with Crippen molar-refractivity contribution in [2.24, 2.45) is 5.41 Å². The lowest BCUT2D eigenvalue weighted by atomic mass is 9.92. The van der Waals surface area contributed by atoms with Crippen molar-refractivity contribution in [1.82, 2.24) is 5.32 Å². The van der Waals surface area contributed by atoms with Crippen molar-refractivity contribution in [1.29, 1.82) is 0 Å². The van der Waals surface area contributed by atoms with Gasteiger partial charge >= 0.3 is 5.97 Å². The van der Waals surface area contributed by atoms with Crippen LogP contribution in [-0.4, -0.2) is 25.7 Å². The smallest absolute Gasteiger partial charge is 0.307 e. The van der Waals surface area contributed by atoms with Crippen LogP contribution in [0.4, 0.5) is 0 Å². The molecule has 0 fully saturated rings. The second kappa shape index (κ2) is 6.02. The Hall–Kier alpha value is -0.570. The average Bonchev–Trinajstić information content (AvgIpc) is 2.01. The molecular formula is C11H23NO2. The molecule has 0 amide bonds. The highest BCUT2D eigenvalue weighted by molar-refractivity contribution is 5.69. The molecule has 0 saturated carbocycles. The first-order chi connectivity index (χ1) is 6.35. The summed E-state index contributed by atoms with van der Waals surface area (Å²) in [6.45, 7) is 9.57. The van der Waals surface area contributed by atoms with Crippen LogP contribution in [0.2, 0.25) is 0 Å². The molecule has 0 aliphatic carbocycles. The second-order valence-corrected chi connectivity index (χ2v) is 4.95. The van der Waals surface area contributed by atoms with E-state index in [1.54, 1.807) is 0 Å². The molecule has 0 bridgehead atoms. The Kier molecular flexibility index (Phi) is 5.77. The first-order valence-electron chi connectivity index (χ1n) is 5.15. The van der Waals surface area contributed by atoms with Crippen LogP contribution < -0.4 is 5.32 Å². The number of nitrogens with one attached hydrogen (secondary N) is 1. The van der Waals surface area contributed by atoms with Gasteiger partial charge in [0.1, 0.15) is 0 Å². The summed E-state index contributed by atoms with van der Waals surface area (Å²) in [6, 6.07) is 0.199. The van der Waals surface area contributed by atoms with Crippen LogP contribution in [0.15, 0.2) is 0 Å². The van der Waals surface area contributed by atoms with Crippen LogP contribution in [-0.2, 0) is 9.53 Å². The van der Waals surface area contributed by atoms with E-state index in [-0.39, 0.29) is 12.0 Å². The van der Waals surface area contributed by atoms with Crippen molar-refractivity contribution in [3.8, 4) is 0 Å². The van der Waals surface area contributed by atoms with Crippen molar-refractivity contribution in [3.05, 3.63) is 0 Å². The van der Waals surface area contributed by atoms with E-state index >= 15 is 0 Å². The number of ether oxygens (including phenoxy) is 1. The van der Waals surface area contributed by atoms with Gasteiger partial charge in [0.25, 0.3) is 0 Å². The van der Waals surface area contributed by atoms with Crippen LogP contribution in [0.5, 0.6) is 0 Å². The summed E-state index contributed by atoms with van der Waals surface area (Å²) in [5.41, 5.74) is 0.345. The SMILES string of the molecule is COC(=O)CC(C)NCCC(C)(C)C. The summed E-state index contributed by atoms with van der Waals surface area (Å²) in [5.74, 6) is -0.152. The molecule has 0 aliphatic rings. The zero-order chi connectivity index (χ0) is 11.2. The molecule has 0 rings (SSSR count). The minimum Gasteiger partial charge on any atom is -0.469 e. The molecule has 3 heteroatoms. The van der Waals surface area contributed by atoms with Crippen molar-refractivity contribution in [2.45, 2.75) is 46.6 Å². The summed E-state index contributed by atoms with van der Waals surface area (Å²) in [4.78, 5) is 10.9. The van der Waals surface area contributed by atoms with Gasteiger partial charge in [0, 0.05) is 6.04 Å². The van der Waals surface area contributed by atoms with Crippen molar-refractivity contribution in [2.75, 3.05) is 13.7 Å². The number of carbonyl (C=O) groups is 1. The standard InChI is InChI=1S/C11H23NO2/c1-9(8-10(13)14-5)12-7-6-11(2,3)4/h9,12H,6-8H2,1-5H3. The van der Waals surface area contributed by atoms with E-state index in [2.05, 4.69) is 30.8 Å². The van der Waals surface area contributed by atoms with E-state index in [1.165, 1.54) is 7.11 Å². The lowest BCUT2D eigenvalue weighted by Crippen LogP contribution is -2.31. The molecule has 1 atom stereocenters. The molecule has 84 valence electrons. The Labute approximate surface area is 87.2 Å². The number of rotatable bonds is 5. The Bertz CT molecular complexity index is 173. The van der Waals surface area contributed by atoms with Gasteiger partial charge in [-0.1, -0.05) is 20.8 Å². The predicted octanol–water partition coefficient (Wildman–Crippen LogP) is 1.96. The fourth-order valence-corrected chi connectivity index (χ4v) is 1.10. The fraction of sp³-hybridized carbons (Fsp3) is 0.909. The summed E-state index contributed by atoms with van der Waals surface area (Å²) in [6.07, 6.45) is 1.55. The van der Waals surface area contributed by atoms with Crippen molar-refractivity contribution < 1.29 is 9.53 Å². The van der Waals surface area contributed by atoms with Crippen LogP contribution in [0.25, 0.3) is 0 Å². The van der Waals surface area contributed by atoms with Gasteiger partial charge in [-0.05, 0) is 25.3 Å². The van der Waals surface area contributed by atoms with Gasteiger partial charge in [-0.2, -0.15) is 0 Å². The Morgan fingerprint density at radius 1 is 1.43 bits per heavy atom. The van der Waals surface area contributed by atoms with Crippen LogP contribution in [0.3, 0.4) is 0 Å². The molecule has 1 unspecified atom stereocenters. The highest BCUT2D eigenvalue weighted by atomic mass is 16.5. The van der Waals surface area contributed by atoms with Crippen LogP contribution in [0, 0.1) is 5.41 Å². The Balaban J connectivity index is 3.54. The summed E-state index contributed by atoms with van der Waals surface area (Å²) in [5, 5.41) is 3.30. The highest BCUT2D eigenvalue weighted by Crippen LogP contribution is 2.17. The van der Waals surface area contributed by atoms with Gasteiger partial charge in [0.15, 0.2) is 0 Å². The molecule has 0 aromatic carbocycles. The minimum absolute atomic E-state index is 0.152. The number of hydrogen-bond acceptors (Lipinski definition) is 3. The summed E-state index contributed by atoms with van der Waals surface area (Å²) >= 11 is 0. The van der Waals surface area contributed by atoms with Crippen LogP contribution >= 0.6 is 0 Å². The summed E-state index contributed by atoms with van der Waals surface area (Å²) < 4.78 is 4.59. The monoisotopic (exact) mass is 201 g/mol. The topological polar surface area (TPSA) is 38.3 Å². The van der Waals surface area contributed by atoms with E-state index in [9.17, 15) is 4.79 Å². The van der Waals surface area contributed by atoms with E-state index in [0.717, 1.165) is 13.0 Å². The normalized spacial score (nSPS) is 13.8. The molecular weight excluding hydrogens is 178 g/mol. The third kappa shape index (κ3) is 8.05. The molecule has 14 heavy (non-hydrogen) atoms. The predicted molar refractivity (Wildman–Crippen MR) is 58.2 cm³/mol. The molecule has 0 aliphatic heterocycles. The third-order valence-electron chi connectivity index (χ3n) is 2.07. The zero-order valence-electron chi connectivity index (χ0n) is 10.0. The van der Waals surface area contributed by atoms with Gasteiger partial charge in [0.05, 0.1) is 13.5 Å². The van der Waals surface area contributed by atoms with E-state index < -0.39 is 0 Å². The molecule has 3 nitrogen and oxygen atoms in total. The van der Waals surface area contributed by atoms with Gasteiger partial charge in [-0.15, -0.1) is 0 Å². The molecule has 0 spiro atoms. The highest BCUT2D eigenvalue weighted by Gasteiger charge is 2.12. The van der Waals surface area contributed by atoms with Gasteiger partial charge in [0.2, 0.25) is 0 Å².